The molecule has 1 spiro atoms. The van der Waals surface area contributed by atoms with Gasteiger partial charge in [-0.3, -0.25) is 0 Å². The van der Waals surface area contributed by atoms with Gasteiger partial charge < -0.3 is 25.4 Å². The van der Waals surface area contributed by atoms with Gasteiger partial charge in [-0.15, -0.1) is 0 Å². The van der Waals surface area contributed by atoms with Gasteiger partial charge in [-0.1, -0.05) is 20.8 Å². The number of nitrogens with two attached hydrogens (primary N) is 1. The van der Waals surface area contributed by atoms with Gasteiger partial charge in [0.2, 0.25) is 0 Å². The lowest BCUT2D eigenvalue weighted by atomic mass is 9.73. The summed E-state index contributed by atoms with van der Waals surface area (Å²) in [6.45, 7) is 10.1. The molecule has 0 radical (unpaired) electrons. The van der Waals surface area contributed by atoms with Crippen LogP contribution in [0.25, 0.3) is 0 Å². The van der Waals surface area contributed by atoms with E-state index < -0.39 is 0 Å². The second-order valence-corrected chi connectivity index (χ2v) is 9.91. The fraction of sp³-hybridized carbons (Fsp3) is 0.440. The highest BCUT2D eigenvalue weighted by Crippen LogP contribution is 2.52. The third kappa shape index (κ3) is 3.26. The molecular weight excluding hydrogens is 374 g/mol. The van der Waals surface area contributed by atoms with Crippen molar-refractivity contribution in [1.29, 1.82) is 0 Å². The first-order valence-corrected chi connectivity index (χ1v) is 10.9. The van der Waals surface area contributed by atoms with Gasteiger partial charge >= 0.3 is 0 Å². The van der Waals surface area contributed by atoms with Gasteiger partial charge in [-0.05, 0) is 60.7 Å². The molecule has 0 bridgehead atoms. The summed E-state index contributed by atoms with van der Waals surface area (Å²) in [7, 11) is 0. The zero-order valence-corrected chi connectivity index (χ0v) is 18.1. The van der Waals surface area contributed by atoms with Crippen molar-refractivity contribution < 1.29 is 9.47 Å². The third-order valence-corrected chi connectivity index (χ3v) is 6.21. The van der Waals surface area contributed by atoms with Crippen molar-refractivity contribution in [2.24, 2.45) is 11.1 Å². The van der Waals surface area contributed by atoms with Crippen LogP contribution in [0, 0.1) is 5.41 Å². The van der Waals surface area contributed by atoms with Crippen LogP contribution in [0.4, 0.5) is 5.69 Å². The van der Waals surface area contributed by atoms with E-state index in [1.807, 2.05) is 12.1 Å². The maximum absolute atomic E-state index is 6.35. The van der Waals surface area contributed by atoms with Gasteiger partial charge in [0.05, 0.1) is 17.8 Å². The number of anilines is 1. The molecule has 2 aromatic rings. The molecule has 3 heterocycles. The number of fused-ring (bicyclic) bond motifs is 4. The zero-order chi connectivity index (χ0) is 20.9. The third-order valence-electron chi connectivity index (χ3n) is 6.21. The molecule has 3 N–H and O–H groups in total. The molecule has 5 rings (SSSR count). The quantitative estimate of drug-likeness (QED) is 0.787. The summed E-state index contributed by atoms with van der Waals surface area (Å²) in [6, 6.07) is 12.7. The summed E-state index contributed by atoms with van der Waals surface area (Å²) < 4.78 is 12.5. The van der Waals surface area contributed by atoms with Crippen LogP contribution in [-0.4, -0.2) is 26.2 Å². The molecule has 1 saturated heterocycles. The Morgan fingerprint density at radius 1 is 1.07 bits per heavy atom. The van der Waals surface area contributed by atoms with E-state index in [1.165, 1.54) is 24.1 Å². The van der Waals surface area contributed by atoms with Gasteiger partial charge in [0.1, 0.15) is 17.2 Å². The summed E-state index contributed by atoms with van der Waals surface area (Å²) >= 11 is 0. The Morgan fingerprint density at radius 3 is 2.43 bits per heavy atom. The summed E-state index contributed by atoms with van der Waals surface area (Å²) in [6.07, 6.45) is 4.66. The molecule has 158 valence electrons. The molecule has 5 nitrogen and oxygen atoms in total. The maximum Gasteiger partial charge on any atom is 0.132 e. The highest BCUT2D eigenvalue weighted by atomic mass is 16.5. The fourth-order valence-corrected chi connectivity index (χ4v) is 4.68. The molecule has 1 fully saturated rings. The monoisotopic (exact) mass is 405 g/mol. The molecule has 0 amide bonds. The van der Waals surface area contributed by atoms with Gasteiger partial charge in [-0.25, -0.2) is 0 Å². The standard InChI is InChI=1S/C25H31N3O2/c1-24(2,3)16-29-18-7-9-22-20(13-18)25(14-23(26)27-15-25)19-12-17(6-8-21(19)30-22)28-10-4-5-11-28/h6-9,12-14,27H,4-5,10-11,15-16,26H2,1-3H3/t25-/m0/s1. The number of hydrogen-bond donors (Lipinski definition) is 2. The lowest BCUT2D eigenvalue weighted by Gasteiger charge is -2.36. The number of rotatable bonds is 3. The topological polar surface area (TPSA) is 59.8 Å². The molecule has 0 saturated carbocycles. The molecule has 3 aliphatic rings. The van der Waals surface area contributed by atoms with Gasteiger partial charge in [-0.2, -0.15) is 0 Å². The van der Waals surface area contributed by atoms with Crippen LogP contribution in [0.3, 0.4) is 0 Å². The second-order valence-electron chi connectivity index (χ2n) is 9.91. The Bertz CT molecular complexity index is 1000. The smallest absolute Gasteiger partial charge is 0.132 e. The first-order chi connectivity index (χ1) is 14.3. The first kappa shape index (κ1) is 19.2. The molecule has 3 aliphatic heterocycles. The Hall–Kier alpha value is -2.82. The van der Waals surface area contributed by atoms with Crippen molar-refractivity contribution in [3.63, 3.8) is 0 Å². The number of nitrogens with one attached hydrogen (secondary N) is 1. The minimum atomic E-state index is -0.357. The molecule has 1 atom stereocenters. The van der Waals surface area contributed by atoms with E-state index in [9.17, 15) is 0 Å². The summed E-state index contributed by atoms with van der Waals surface area (Å²) in [4.78, 5) is 2.46. The number of hydrogen-bond acceptors (Lipinski definition) is 5. The van der Waals surface area contributed by atoms with Gasteiger partial charge in [0, 0.05) is 36.4 Å². The SMILES string of the molecule is CC(C)(C)COc1ccc2c(c1)[C@]1(C=C(N)NC1)c1cc(N3CCCC3)ccc1O2. The van der Waals surface area contributed by atoms with E-state index in [1.54, 1.807) is 0 Å². The highest BCUT2D eigenvalue weighted by Gasteiger charge is 2.44. The first-order valence-electron chi connectivity index (χ1n) is 10.9. The molecule has 0 aliphatic carbocycles. The van der Waals surface area contributed by atoms with E-state index in [0.717, 1.165) is 35.9 Å². The average Bonchev–Trinajstić information content (AvgIpc) is 3.37. The van der Waals surface area contributed by atoms with E-state index in [4.69, 9.17) is 15.2 Å². The van der Waals surface area contributed by atoms with Crippen molar-refractivity contribution in [3.05, 3.63) is 59.4 Å². The molecule has 0 aromatic heterocycles. The Labute approximate surface area is 178 Å². The minimum absolute atomic E-state index is 0.0978. The van der Waals surface area contributed by atoms with Crippen molar-refractivity contribution in [2.45, 2.75) is 39.0 Å². The van der Waals surface area contributed by atoms with E-state index in [-0.39, 0.29) is 10.8 Å². The molecule has 30 heavy (non-hydrogen) atoms. The minimum Gasteiger partial charge on any atom is -0.493 e. The Kier molecular flexibility index (Phi) is 4.38. The van der Waals surface area contributed by atoms with Crippen molar-refractivity contribution >= 4 is 5.69 Å². The van der Waals surface area contributed by atoms with Crippen molar-refractivity contribution in [3.8, 4) is 17.2 Å². The number of benzene rings is 2. The van der Waals surface area contributed by atoms with Crippen LogP contribution in [0.2, 0.25) is 0 Å². The fourth-order valence-electron chi connectivity index (χ4n) is 4.68. The van der Waals surface area contributed by atoms with Gasteiger partial charge in [0.15, 0.2) is 0 Å². The number of ether oxygens (including phenoxy) is 2. The highest BCUT2D eigenvalue weighted by molar-refractivity contribution is 5.67. The lowest BCUT2D eigenvalue weighted by Crippen LogP contribution is -2.34. The predicted octanol–water partition coefficient (Wildman–Crippen LogP) is 4.51. The van der Waals surface area contributed by atoms with E-state index >= 15 is 0 Å². The van der Waals surface area contributed by atoms with E-state index in [0.29, 0.717) is 19.0 Å². The molecule has 5 heteroatoms. The maximum atomic E-state index is 6.35. The lowest BCUT2D eigenvalue weighted by molar-refractivity contribution is 0.197. The number of nitrogens with zero attached hydrogens (tertiary/aromatic N) is 1. The van der Waals surface area contributed by atoms with E-state index in [2.05, 4.69) is 61.3 Å². The van der Waals surface area contributed by atoms with Crippen LogP contribution in [0.15, 0.2) is 48.3 Å². The van der Waals surface area contributed by atoms with Crippen LogP contribution in [0.5, 0.6) is 17.2 Å². The Balaban J connectivity index is 1.59. The zero-order valence-electron chi connectivity index (χ0n) is 18.1. The second kappa shape index (κ2) is 6.86. The van der Waals surface area contributed by atoms with Crippen LogP contribution in [0.1, 0.15) is 44.7 Å². The molecular formula is C25H31N3O2. The summed E-state index contributed by atoms with van der Waals surface area (Å²) in [5, 5.41) is 3.36. The summed E-state index contributed by atoms with van der Waals surface area (Å²) in [5.74, 6) is 3.35. The van der Waals surface area contributed by atoms with Crippen molar-refractivity contribution in [1.82, 2.24) is 5.32 Å². The van der Waals surface area contributed by atoms with Crippen LogP contribution in [-0.2, 0) is 5.41 Å². The molecule has 0 unspecified atom stereocenters. The average molecular weight is 406 g/mol. The van der Waals surface area contributed by atoms with Crippen LogP contribution < -0.4 is 25.4 Å². The largest absolute Gasteiger partial charge is 0.493 e. The van der Waals surface area contributed by atoms with Crippen molar-refractivity contribution in [2.75, 3.05) is 31.1 Å². The normalized spacial score (nSPS) is 22.2. The van der Waals surface area contributed by atoms with Gasteiger partial charge in [0.25, 0.3) is 0 Å². The molecule has 2 aromatic carbocycles. The van der Waals surface area contributed by atoms with Crippen LogP contribution >= 0.6 is 0 Å². The Morgan fingerprint density at radius 2 is 1.77 bits per heavy atom. The summed E-state index contributed by atoms with van der Waals surface area (Å²) in [5.41, 5.74) is 9.51. The predicted molar refractivity (Wildman–Crippen MR) is 120 cm³/mol.